The fourth-order valence-electron chi connectivity index (χ4n) is 3.38. The quantitative estimate of drug-likeness (QED) is 0.457. The van der Waals surface area contributed by atoms with Crippen molar-refractivity contribution in [3.63, 3.8) is 0 Å². The summed E-state index contributed by atoms with van der Waals surface area (Å²) in [5, 5.41) is 0. The van der Waals surface area contributed by atoms with Gasteiger partial charge in [-0.15, -0.1) is 0 Å². The fraction of sp³-hybridized carbons (Fsp3) is 0.0833. The van der Waals surface area contributed by atoms with Crippen molar-refractivity contribution in [3.8, 4) is 0 Å². The van der Waals surface area contributed by atoms with Crippen LogP contribution in [0.3, 0.4) is 0 Å². The zero-order chi connectivity index (χ0) is 21.8. The summed E-state index contributed by atoms with van der Waals surface area (Å²) in [6, 6.07) is 24.4. The topological polar surface area (TPSA) is 84.0 Å². The minimum atomic E-state index is -0.792. The highest BCUT2D eigenvalue weighted by Crippen LogP contribution is 2.28. The van der Waals surface area contributed by atoms with E-state index < -0.39 is 36.7 Å². The first-order valence-corrected chi connectivity index (χ1v) is 9.60. The third-order valence-electron chi connectivity index (χ3n) is 4.80. The summed E-state index contributed by atoms with van der Waals surface area (Å²) in [6.07, 6.45) is 0. The Hall–Kier alpha value is -4.26. The number of para-hydroxylation sites is 3. The van der Waals surface area contributed by atoms with Gasteiger partial charge in [0.2, 0.25) is 0 Å². The van der Waals surface area contributed by atoms with Crippen LogP contribution in [0.2, 0.25) is 0 Å². The van der Waals surface area contributed by atoms with Crippen LogP contribution in [-0.2, 0) is 19.1 Å². The molecule has 0 atom stereocenters. The lowest BCUT2D eigenvalue weighted by Crippen LogP contribution is -2.37. The van der Waals surface area contributed by atoms with Crippen molar-refractivity contribution < 1.29 is 23.9 Å². The van der Waals surface area contributed by atoms with Crippen LogP contribution in [0.15, 0.2) is 84.9 Å². The molecule has 7 heteroatoms. The Kier molecular flexibility index (Phi) is 5.57. The number of hydrogen-bond donors (Lipinski definition) is 0. The molecule has 0 N–H and O–H groups in total. The number of carbonyl (C=O) groups is 4. The Morgan fingerprint density at radius 2 is 1.32 bits per heavy atom. The van der Waals surface area contributed by atoms with Gasteiger partial charge in [-0.05, 0) is 36.4 Å². The first-order chi connectivity index (χ1) is 15.1. The summed E-state index contributed by atoms with van der Waals surface area (Å²) in [4.78, 5) is 52.1. The number of benzene rings is 3. The largest absolute Gasteiger partial charge is 0.454 e. The van der Waals surface area contributed by atoms with Gasteiger partial charge >= 0.3 is 5.97 Å². The molecule has 0 saturated heterocycles. The lowest BCUT2D eigenvalue weighted by molar-refractivity contribution is -0.146. The molecule has 3 aromatic rings. The van der Waals surface area contributed by atoms with E-state index in [1.165, 1.54) is 11.0 Å². The molecule has 0 bridgehead atoms. The number of fused-ring (bicyclic) bond motifs is 1. The van der Waals surface area contributed by atoms with Crippen LogP contribution in [0.1, 0.15) is 10.4 Å². The molecule has 7 nitrogen and oxygen atoms in total. The maximum absolute atomic E-state index is 12.9. The number of ether oxygens (including phenoxy) is 1. The number of rotatable bonds is 6. The highest BCUT2D eigenvalue weighted by Gasteiger charge is 2.36. The predicted molar refractivity (Wildman–Crippen MR) is 114 cm³/mol. The minimum Gasteiger partial charge on any atom is -0.454 e. The van der Waals surface area contributed by atoms with Gasteiger partial charge in [-0.25, -0.2) is 0 Å². The summed E-state index contributed by atoms with van der Waals surface area (Å²) in [7, 11) is 0. The first kappa shape index (κ1) is 20.0. The van der Waals surface area contributed by atoms with Crippen molar-refractivity contribution in [2.45, 2.75) is 0 Å². The summed E-state index contributed by atoms with van der Waals surface area (Å²) in [5.41, 5.74) is 1.86. The molecule has 0 aliphatic carbocycles. The zero-order valence-corrected chi connectivity index (χ0v) is 16.4. The van der Waals surface area contributed by atoms with Crippen molar-refractivity contribution in [1.29, 1.82) is 0 Å². The number of Topliss-reactive ketones (excluding diaryl/α,β-unsaturated/α-hetero) is 1. The number of amides is 2. The van der Waals surface area contributed by atoms with Gasteiger partial charge in [0, 0.05) is 11.4 Å². The van der Waals surface area contributed by atoms with Gasteiger partial charge in [-0.3, -0.25) is 29.0 Å². The molecule has 2 amide bonds. The van der Waals surface area contributed by atoms with E-state index in [0.29, 0.717) is 17.1 Å². The average Bonchev–Trinajstić information content (AvgIpc) is 3.04. The van der Waals surface area contributed by atoms with Crippen molar-refractivity contribution in [3.05, 3.63) is 90.5 Å². The second kappa shape index (κ2) is 8.62. The van der Waals surface area contributed by atoms with Crippen molar-refractivity contribution >= 4 is 40.6 Å². The van der Waals surface area contributed by atoms with E-state index in [0.717, 1.165) is 4.90 Å². The molecule has 0 aromatic heterocycles. The maximum Gasteiger partial charge on any atom is 0.326 e. The summed E-state index contributed by atoms with van der Waals surface area (Å²) in [5.74, 6) is -2.69. The molecular weight excluding hydrogens is 396 g/mol. The van der Waals surface area contributed by atoms with Crippen molar-refractivity contribution in [2.24, 2.45) is 0 Å². The number of nitrogens with zero attached hydrogens (tertiary/aromatic N) is 2. The number of ketones is 1. The Morgan fingerprint density at radius 1 is 0.774 bits per heavy atom. The Balaban J connectivity index is 1.45. The zero-order valence-electron chi connectivity index (χ0n) is 16.4. The van der Waals surface area contributed by atoms with Crippen LogP contribution in [-0.4, -0.2) is 36.7 Å². The van der Waals surface area contributed by atoms with E-state index in [9.17, 15) is 19.2 Å². The van der Waals surface area contributed by atoms with E-state index in [1.54, 1.807) is 66.7 Å². The Labute approximate surface area is 178 Å². The number of anilines is 3. The molecule has 154 valence electrons. The van der Waals surface area contributed by atoms with Crippen LogP contribution in [0.4, 0.5) is 17.1 Å². The highest BCUT2D eigenvalue weighted by atomic mass is 16.5. The molecular formula is C24H18N2O5. The van der Waals surface area contributed by atoms with Gasteiger partial charge in [0.25, 0.3) is 17.6 Å². The predicted octanol–water partition coefficient (Wildman–Crippen LogP) is 3.12. The van der Waals surface area contributed by atoms with E-state index in [2.05, 4.69) is 0 Å². The summed E-state index contributed by atoms with van der Waals surface area (Å²) < 4.78 is 5.15. The third kappa shape index (κ3) is 4.06. The normalized spacial score (nSPS) is 12.5. The standard InChI is InChI=1S/C24H18N2O5/c27-21(26(17-9-3-1-4-10-17)18-11-5-2-6-12-18)16-31-22(28)15-25-20-14-8-7-13-19(20)23(29)24(25)30/h1-14H,15-16H2. The third-order valence-corrected chi connectivity index (χ3v) is 4.80. The van der Waals surface area contributed by atoms with E-state index >= 15 is 0 Å². The number of carbonyl (C=O) groups excluding carboxylic acids is 4. The average molecular weight is 414 g/mol. The monoisotopic (exact) mass is 414 g/mol. The second-order valence-electron chi connectivity index (χ2n) is 6.80. The smallest absolute Gasteiger partial charge is 0.326 e. The molecule has 31 heavy (non-hydrogen) atoms. The molecule has 1 heterocycles. The SMILES string of the molecule is O=C(CN1C(=O)C(=O)c2ccccc21)OCC(=O)N(c1ccccc1)c1ccccc1. The molecule has 3 aromatic carbocycles. The highest BCUT2D eigenvalue weighted by molar-refractivity contribution is 6.52. The summed E-state index contributed by atoms with van der Waals surface area (Å²) in [6.45, 7) is -0.966. The van der Waals surface area contributed by atoms with Gasteiger partial charge in [0.15, 0.2) is 6.61 Å². The lowest BCUT2D eigenvalue weighted by Gasteiger charge is -2.23. The number of hydrogen-bond acceptors (Lipinski definition) is 5. The second-order valence-corrected chi connectivity index (χ2v) is 6.80. The van der Waals surface area contributed by atoms with Gasteiger partial charge < -0.3 is 4.74 Å². The van der Waals surface area contributed by atoms with Gasteiger partial charge in [-0.1, -0.05) is 48.5 Å². The molecule has 0 unspecified atom stereocenters. The van der Waals surface area contributed by atoms with Crippen molar-refractivity contribution in [2.75, 3.05) is 23.0 Å². The lowest BCUT2D eigenvalue weighted by atomic mass is 10.1. The Morgan fingerprint density at radius 3 is 1.94 bits per heavy atom. The molecule has 0 radical (unpaired) electrons. The summed E-state index contributed by atoms with van der Waals surface area (Å²) >= 11 is 0. The maximum atomic E-state index is 12.9. The molecule has 0 saturated carbocycles. The van der Waals surface area contributed by atoms with Crippen LogP contribution in [0, 0.1) is 0 Å². The van der Waals surface area contributed by atoms with Crippen LogP contribution in [0.25, 0.3) is 0 Å². The van der Waals surface area contributed by atoms with Crippen molar-refractivity contribution in [1.82, 2.24) is 0 Å². The van der Waals surface area contributed by atoms with Crippen LogP contribution >= 0.6 is 0 Å². The van der Waals surface area contributed by atoms with Gasteiger partial charge in [0.05, 0.1) is 11.3 Å². The molecule has 1 aliphatic rings. The molecule has 4 rings (SSSR count). The first-order valence-electron chi connectivity index (χ1n) is 9.60. The van der Waals surface area contributed by atoms with E-state index in [4.69, 9.17) is 4.74 Å². The van der Waals surface area contributed by atoms with E-state index in [-0.39, 0.29) is 5.56 Å². The fourth-order valence-corrected chi connectivity index (χ4v) is 3.38. The molecule has 1 aliphatic heterocycles. The Bertz CT molecular complexity index is 1110. The number of esters is 1. The minimum absolute atomic E-state index is 0.246. The molecule has 0 spiro atoms. The van der Waals surface area contributed by atoms with Crippen LogP contribution < -0.4 is 9.80 Å². The molecule has 0 fully saturated rings. The van der Waals surface area contributed by atoms with Gasteiger partial charge in [0.1, 0.15) is 6.54 Å². The van der Waals surface area contributed by atoms with E-state index in [1.807, 2.05) is 12.1 Å². The van der Waals surface area contributed by atoms with Crippen LogP contribution in [0.5, 0.6) is 0 Å². The van der Waals surface area contributed by atoms with Gasteiger partial charge in [-0.2, -0.15) is 0 Å².